The molecule has 3 aromatic rings. The van der Waals surface area contributed by atoms with Crippen molar-refractivity contribution in [1.82, 2.24) is 13.9 Å². The van der Waals surface area contributed by atoms with Crippen molar-refractivity contribution in [2.24, 2.45) is 0 Å². The van der Waals surface area contributed by atoms with Gasteiger partial charge in [-0.25, -0.2) is 13.4 Å². The number of methoxy groups -OCH3 is 1. The zero-order valence-corrected chi connectivity index (χ0v) is 19.6. The molecule has 32 heavy (non-hydrogen) atoms. The van der Waals surface area contributed by atoms with Crippen molar-refractivity contribution in [2.75, 3.05) is 26.1 Å². The van der Waals surface area contributed by atoms with Crippen molar-refractivity contribution in [2.45, 2.75) is 43.8 Å². The molecule has 8 nitrogen and oxygen atoms in total. The smallest absolute Gasteiger partial charge is 0.324 e. The molecule has 0 saturated heterocycles. The molecule has 0 N–H and O–H groups in total. The maximum Gasteiger partial charge on any atom is 0.324 e. The molecule has 0 fully saturated rings. The molecule has 0 aliphatic carbocycles. The maximum atomic E-state index is 14.0. The van der Waals surface area contributed by atoms with Crippen LogP contribution >= 0.6 is 0 Å². The van der Waals surface area contributed by atoms with E-state index in [-0.39, 0.29) is 17.9 Å². The predicted octanol–water partition coefficient (Wildman–Crippen LogP) is 2.80. The molecule has 0 spiro atoms. The van der Waals surface area contributed by atoms with Crippen LogP contribution in [0.5, 0.6) is 0 Å². The number of benzene rings is 2. The maximum absolute atomic E-state index is 14.0. The van der Waals surface area contributed by atoms with E-state index >= 15 is 0 Å². The van der Waals surface area contributed by atoms with Crippen LogP contribution in [0.3, 0.4) is 0 Å². The molecule has 1 aromatic heterocycles. The minimum Gasteiger partial charge on any atom is -0.468 e. The van der Waals surface area contributed by atoms with E-state index < -0.39 is 22.0 Å². The van der Waals surface area contributed by atoms with Gasteiger partial charge in [-0.05, 0) is 18.6 Å². The largest absolute Gasteiger partial charge is 0.468 e. The van der Waals surface area contributed by atoms with Gasteiger partial charge in [0.05, 0.1) is 36.3 Å². The summed E-state index contributed by atoms with van der Waals surface area (Å²) in [6.45, 7) is 2.86. The van der Waals surface area contributed by atoms with E-state index in [4.69, 9.17) is 4.74 Å². The Hall–Kier alpha value is -2.91. The SMILES string of the molecule is CCCn1cnc2c1CN(S(=O)(=O)c1cccc3c(N(C)C)cccc13)C(C(=O)OC)C2. The Morgan fingerprint density at radius 2 is 1.91 bits per heavy atom. The third-order valence-corrected chi connectivity index (χ3v) is 7.85. The Morgan fingerprint density at radius 3 is 2.59 bits per heavy atom. The van der Waals surface area contributed by atoms with Gasteiger partial charge in [0.2, 0.25) is 10.0 Å². The van der Waals surface area contributed by atoms with Crippen LogP contribution in [-0.4, -0.2) is 55.5 Å². The summed E-state index contributed by atoms with van der Waals surface area (Å²) in [4.78, 5) is 19.2. The number of rotatable bonds is 6. The first-order valence-corrected chi connectivity index (χ1v) is 12.0. The van der Waals surface area contributed by atoms with Gasteiger partial charge in [0.1, 0.15) is 6.04 Å². The van der Waals surface area contributed by atoms with Crippen LogP contribution in [0, 0.1) is 0 Å². The number of nitrogens with zero attached hydrogens (tertiary/aromatic N) is 4. The first kappa shape index (κ1) is 22.3. The zero-order chi connectivity index (χ0) is 23.0. The molecule has 2 heterocycles. The number of sulfonamides is 1. The Morgan fingerprint density at radius 1 is 1.19 bits per heavy atom. The summed E-state index contributed by atoms with van der Waals surface area (Å²) in [6.07, 6.45) is 2.80. The number of ether oxygens (including phenoxy) is 1. The summed E-state index contributed by atoms with van der Waals surface area (Å²) in [5, 5.41) is 1.46. The number of esters is 1. The lowest BCUT2D eigenvalue weighted by atomic mass is 10.1. The lowest BCUT2D eigenvalue weighted by Gasteiger charge is -2.33. The van der Waals surface area contributed by atoms with Crippen molar-refractivity contribution < 1.29 is 17.9 Å². The van der Waals surface area contributed by atoms with E-state index in [1.165, 1.54) is 11.4 Å². The zero-order valence-electron chi connectivity index (χ0n) is 18.8. The summed E-state index contributed by atoms with van der Waals surface area (Å²) in [5.74, 6) is -0.585. The van der Waals surface area contributed by atoms with Crippen LogP contribution in [0.2, 0.25) is 0 Å². The van der Waals surface area contributed by atoms with Crippen LogP contribution in [0.4, 0.5) is 5.69 Å². The van der Waals surface area contributed by atoms with E-state index in [0.29, 0.717) is 5.39 Å². The number of anilines is 1. The number of carbonyl (C=O) groups excluding carboxylic acids is 1. The lowest BCUT2D eigenvalue weighted by Crippen LogP contribution is -2.49. The molecule has 2 aromatic carbocycles. The summed E-state index contributed by atoms with van der Waals surface area (Å²) >= 11 is 0. The standard InChI is InChI=1S/C23H28N4O4S/c1-5-12-26-15-24-18-13-20(23(28)31-4)27(14-21(18)26)32(29,30)22-11-7-8-16-17(22)9-6-10-19(16)25(2)3/h6-11,15,20H,5,12-14H2,1-4H3. The molecule has 1 aliphatic heterocycles. The second-order valence-corrected chi connectivity index (χ2v) is 10.0. The molecule has 4 rings (SSSR count). The molecule has 0 saturated carbocycles. The highest BCUT2D eigenvalue weighted by Crippen LogP contribution is 2.35. The molecule has 1 aliphatic rings. The molecular weight excluding hydrogens is 428 g/mol. The highest BCUT2D eigenvalue weighted by Gasteiger charge is 2.42. The van der Waals surface area contributed by atoms with E-state index in [1.807, 2.05) is 41.8 Å². The second-order valence-electron chi connectivity index (χ2n) is 8.15. The van der Waals surface area contributed by atoms with Gasteiger partial charge in [0.25, 0.3) is 0 Å². The molecule has 1 atom stereocenters. The molecule has 170 valence electrons. The van der Waals surface area contributed by atoms with E-state index in [2.05, 4.69) is 11.9 Å². The minimum atomic E-state index is -4.01. The van der Waals surface area contributed by atoms with Gasteiger partial charge in [-0.2, -0.15) is 4.31 Å². The monoisotopic (exact) mass is 456 g/mol. The lowest BCUT2D eigenvalue weighted by molar-refractivity contribution is -0.145. The fourth-order valence-electron chi connectivity index (χ4n) is 4.37. The molecule has 1 unspecified atom stereocenters. The first-order chi connectivity index (χ1) is 15.3. The van der Waals surface area contributed by atoms with Crippen molar-refractivity contribution >= 4 is 32.5 Å². The number of hydrogen-bond acceptors (Lipinski definition) is 6. The summed E-state index contributed by atoms with van der Waals surface area (Å²) in [6, 6.07) is 9.89. The van der Waals surface area contributed by atoms with E-state index in [1.54, 1.807) is 24.5 Å². The van der Waals surface area contributed by atoms with Crippen molar-refractivity contribution in [3.8, 4) is 0 Å². The molecule has 0 radical (unpaired) electrons. The van der Waals surface area contributed by atoms with Gasteiger partial charge in [-0.15, -0.1) is 0 Å². The summed E-state index contributed by atoms with van der Waals surface area (Å²) in [5.41, 5.74) is 2.49. The number of fused-ring (bicyclic) bond motifs is 2. The van der Waals surface area contributed by atoms with Crippen LogP contribution in [0.1, 0.15) is 24.7 Å². The molecule has 9 heteroatoms. The second kappa shape index (κ2) is 8.55. The Balaban J connectivity index is 1.87. The van der Waals surface area contributed by atoms with Crippen molar-refractivity contribution in [3.63, 3.8) is 0 Å². The minimum absolute atomic E-state index is 0.0706. The van der Waals surface area contributed by atoms with Gasteiger partial charge in [-0.3, -0.25) is 4.79 Å². The highest BCUT2D eigenvalue weighted by molar-refractivity contribution is 7.89. The van der Waals surface area contributed by atoms with Gasteiger partial charge in [0, 0.05) is 43.5 Å². The third kappa shape index (κ3) is 3.65. The first-order valence-electron chi connectivity index (χ1n) is 10.6. The number of hydrogen-bond donors (Lipinski definition) is 0. The quantitative estimate of drug-likeness (QED) is 0.531. The van der Waals surface area contributed by atoms with Gasteiger partial charge < -0.3 is 14.2 Å². The predicted molar refractivity (Wildman–Crippen MR) is 123 cm³/mol. The Labute approximate surface area is 188 Å². The average molecular weight is 457 g/mol. The topological polar surface area (TPSA) is 84.7 Å². The fraction of sp³-hybridized carbons (Fsp3) is 0.391. The normalized spacial score (nSPS) is 16.7. The van der Waals surface area contributed by atoms with Gasteiger partial charge in [0.15, 0.2) is 0 Å². The highest BCUT2D eigenvalue weighted by atomic mass is 32.2. The van der Waals surface area contributed by atoms with Crippen LogP contribution < -0.4 is 4.90 Å². The fourth-order valence-corrected chi connectivity index (χ4v) is 6.12. The molecule has 0 amide bonds. The van der Waals surface area contributed by atoms with Gasteiger partial charge >= 0.3 is 5.97 Å². The Kier molecular flexibility index (Phi) is 5.96. The third-order valence-electron chi connectivity index (χ3n) is 5.94. The number of imidazole rings is 1. The van der Waals surface area contributed by atoms with Crippen molar-refractivity contribution in [1.29, 1.82) is 0 Å². The van der Waals surface area contributed by atoms with Gasteiger partial charge in [-0.1, -0.05) is 31.2 Å². The summed E-state index contributed by atoms with van der Waals surface area (Å²) < 4.78 is 36.2. The number of aromatic nitrogens is 2. The molecular formula is C23H28N4O4S. The number of carbonyl (C=O) groups is 1. The van der Waals surface area contributed by atoms with E-state index in [0.717, 1.165) is 35.4 Å². The average Bonchev–Trinajstić information content (AvgIpc) is 3.18. The Bertz CT molecular complexity index is 1270. The van der Waals surface area contributed by atoms with Crippen LogP contribution in [-0.2, 0) is 39.1 Å². The summed E-state index contributed by atoms with van der Waals surface area (Å²) in [7, 11) is 1.10. The van der Waals surface area contributed by atoms with Crippen LogP contribution in [0.25, 0.3) is 10.8 Å². The van der Waals surface area contributed by atoms with Crippen LogP contribution in [0.15, 0.2) is 47.6 Å². The van der Waals surface area contributed by atoms with E-state index in [9.17, 15) is 13.2 Å². The molecule has 0 bridgehead atoms. The van der Waals surface area contributed by atoms with Crippen molar-refractivity contribution in [3.05, 3.63) is 54.1 Å². The number of aryl methyl sites for hydroxylation is 1.